The van der Waals surface area contributed by atoms with Gasteiger partial charge < -0.3 is 19.3 Å². The third-order valence-corrected chi connectivity index (χ3v) is 11.7. The number of nitrogens with one attached hydrogen (secondary N) is 1. The maximum atomic E-state index is 12.4. The molecule has 1 heterocycles. The first-order chi connectivity index (χ1) is 18.4. The summed E-state index contributed by atoms with van der Waals surface area (Å²) in [5, 5.41) is 6.88. The summed E-state index contributed by atoms with van der Waals surface area (Å²) in [6.07, 6.45) is 1.51. The molecule has 3 rings (SSSR count). The zero-order valence-electron chi connectivity index (χ0n) is 22.7. The standard InChI is InChI=1S/C29H36ClN3O4Si/c1-6-38(7-2,8-3)37-27(21-14-10-9-11-15-21)23-18-25(30)29(32-19-23)36-20-22-16-12-13-17-24(22)26(33-35-5)28(34)31-4/h9-19,27H,6-8,20H2,1-5H3,(H,31,34)/b33-26-. The van der Waals surface area contributed by atoms with Gasteiger partial charge in [-0.25, -0.2) is 4.98 Å². The fraction of sp³-hybridized carbons (Fsp3) is 0.345. The van der Waals surface area contributed by atoms with Gasteiger partial charge in [-0.2, -0.15) is 0 Å². The highest BCUT2D eigenvalue weighted by Crippen LogP contribution is 2.36. The van der Waals surface area contributed by atoms with Gasteiger partial charge in [0.15, 0.2) is 14.0 Å². The van der Waals surface area contributed by atoms with Crippen LogP contribution in [0, 0.1) is 0 Å². The molecule has 0 spiro atoms. The second-order valence-corrected chi connectivity index (χ2v) is 14.0. The van der Waals surface area contributed by atoms with E-state index in [0.29, 0.717) is 16.5 Å². The van der Waals surface area contributed by atoms with E-state index in [9.17, 15) is 4.79 Å². The van der Waals surface area contributed by atoms with Crippen molar-refractivity contribution in [3.8, 4) is 5.88 Å². The first-order valence-electron chi connectivity index (χ1n) is 12.8. The number of pyridine rings is 1. The van der Waals surface area contributed by atoms with E-state index in [1.54, 1.807) is 19.3 Å². The summed E-state index contributed by atoms with van der Waals surface area (Å²) in [6.45, 7) is 6.79. The topological polar surface area (TPSA) is 82.0 Å². The third kappa shape index (κ3) is 7.01. The number of ether oxygens (including phenoxy) is 1. The molecule has 1 N–H and O–H groups in total. The van der Waals surface area contributed by atoms with Crippen molar-refractivity contribution < 1.29 is 18.8 Å². The fourth-order valence-corrected chi connectivity index (χ4v) is 7.34. The average molecular weight is 554 g/mol. The molecule has 0 saturated carbocycles. The molecule has 3 aromatic rings. The lowest BCUT2D eigenvalue weighted by Crippen LogP contribution is -2.37. The lowest BCUT2D eigenvalue weighted by atomic mass is 10.0. The summed E-state index contributed by atoms with van der Waals surface area (Å²) in [5.74, 6) is -0.0650. The Morgan fingerprint density at radius 2 is 1.68 bits per heavy atom. The maximum absolute atomic E-state index is 12.4. The van der Waals surface area contributed by atoms with Crippen LogP contribution in [0.2, 0.25) is 23.2 Å². The summed E-state index contributed by atoms with van der Waals surface area (Å²) in [7, 11) is 1.01. The van der Waals surface area contributed by atoms with Crippen molar-refractivity contribution >= 4 is 31.5 Å². The fourth-order valence-electron chi connectivity index (χ4n) is 4.34. The smallest absolute Gasteiger partial charge is 0.273 e. The van der Waals surface area contributed by atoms with Gasteiger partial charge in [-0.05, 0) is 35.3 Å². The minimum atomic E-state index is -1.93. The van der Waals surface area contributed by atoms with Crippen LogP contribution in [0.4, 0.5) is 0 Å². The minimum absolute atomic E-state index is 0.137. The molecular formula is C29H36ClN3O4Si. The number of likely N-dealkylation sites (N-methyl/N-ethyl adjacent to an activating group) is 1. The molecule has 0 fully saturated rings. The number of amides is 1. The molecule has 1 unspecified atom stereocenters. The number of benzene rings is 2. The van der Waals surface area contributed by atoms with E-state index in [2.05, 4.69) is 48.4 Å². The van der Waals surface area contributed by atoms with Crippen LogP contribution in [-0.2, 0) is 20.7 Å². The second-order valence-electron chi connectivity index (χ2n) is 8.86. The van der Waals surface area contributed by atoms with E-state index >= 15 is 0 Å². The third-order valence-electron chi connectivity index (χ3n) is 6.80. The summed E-state index contributed by atoms with van der Waals surface area (Å²) >= 11 is 6.69. The lowest BCUT2D eigenvalue weighted by molar-refractivity contribution is -0.114. The van der Waals surface area contributed by atoms with E-state index in [4.69, 9.17) is 25.6 Å². The molecule has 202 valence electrons. The molecule has 0 radical (unpaired) electrons. The van der Waals surface area contributed by atoms with Gasteiger partial charge in [0.2, 0.25) is 5.88 Å². The van der Waals surface area contributed by atoms with Gasteiger partial charge in [0.1, 0.15) is 18.7 Å². The first kappa shape index (κ1) is 29.4. The van der Waals surface area contributed by atoms with Crippen molar-refractivity contribution in [2.24, 2.45) is 5.16 Å². The minimum Gasteiger partial charge on any atom is -0.472 e. The molecule has 0 saturated heterocycles. The van der Waals surface area contributed by atoms with Crippen LogP contribution in [0.3, 0.4) is 0 Å². The SMILES string of the molecule is CC[Si](CC)(CC)OC(c1ccccc1)c1cnc(OCc2ccccc2/C(=N/OC)C(=O)NC)c(Cl)c1. The van der Waals surface area contributed by atoms with Gasteiger partial charge in [-0.3, -0.25) is 4.79 Å². The van der Waals surface area contributed by atoms with Gasteiger partial charge in [-0.1, -0.05) is 92.1 Å². The Morgan fingerprint density at radius 3 is 2.29 bits per heavy atom. The van der Waals surface area contributed by atoms with Crippen LogP contribution in [0.25, 0.3) is 0 Å². The van der Waals surface area contributed by atoms with Gasteiger partial charge in [0.05, 0.1) is 6.10 Å². The molecule has 1 aromatic heterocycles. The van der Waals surface area contributed by atoms with Crippen LogP contribution >= 0.6 is 11.6 Å². The van der Waals surface area contributed by atoms with Gasteiger partial charge in [0, 0.05) is 24.4 Å². The van der Waals surface area contributed by atoms with Crippen molar-refractivity contribution in [1.82, 2.24) is 10.3 Å². The zero-order chi connectivity index (χ0) is 27.5. The zero-order valence-corrected chi connectivity index (χ0v) is 24.4. The Hall–Kier alpha value is -3.20. The van der Waals surface area contributed by atoms with Crippen LogP contribution in [0.1, 0.15) is 49.1 Å². The van der Waals surface area contributed by atoms with E-state index < -0.39 is 8.32 Å². The summed E-state index contributed by atoms with van der Waals surface area (Å²) in [4.78, 5) is 21.8. The second kappa shape index (κ2) is 14.1. The Labute approximate surface area is 231 Å². The Kier molecular flexibility index (Phi) is 10.9. The van der Waals surface area contributed by atoms with Crippen molar-refractivity contribution in [3.05, 3.63) is 94.1 Å². The molecule has 38 heavy (non-hydrogen) atoms. The van der Waals surface area contributed by atoms with Gasteiger partial charge in [-0.15, -0.1) is 0 Å². The highest BCUT2D eigenvalue weighted by Gasteiger charge is 2.33. The van der Waals surface area contributed by atoms with E-state index in [1.807, 2.05) is 42.5 Å². The maximum Gasteiger partial charge on any atom is 0.273 e. The summed E-state index contributed by atoms with van der Waals surface area (Å²) < 4.78 is 12.9. The van der Waals surface area contributed by atoms with Crippen LogP contribution in [0.5, 0.6) is 5.88 Å². The number of oxime groups is 1. The molecular weight excluding hydrogens is 518 g/mol. The number of halogens is 1. The average Bonchev–Trinajstić information content (AvgIpc) is 2.96. The number of hydrogen-bond donors (Lipinski definition) is 1. The molecule has 1 amide bonds. The highest BCUT2D eigenvalue weighted by atomic mass is 35.5. The van der Waals surface area contributed by atoms with E-state index in [1.165, 1.54) is 7.11 Å². The predicted molar refractivity (Wildman–Crippen MR) is 154 cm³/mol. The molecule has 0 aliphatic carbocycles. The highest BCUT2D eigenvalue weighted by molar-refractivity contribution is 6.73. The number of aromatic nitrogens is 1. The first-order valence-corrected chi connectivity index (χ1v) is 15.7. The largest absolute Gasteiger partial charge is 0.472 e. The molecule has 0 aliphatic rings. The van der Waals surface area contributed by atoms with E-state index in [-0.39, 0.29) is 24.3 Å². The molecule has 9 heteroatoms. The van der Waals surface area contributed by atoms with Crippen molar-refractivity contribution in [2.45, 2.75) is 51.6 Å². The Balaban J connectivity index is 1.89. The van der Waals surface area contributed by atoms with Gasteiger partial charge >= 0.3 is 0 Å². The molecule has 0 bridgehead atoms. The number of rotatable bonds is 13. The Morgan fingerprint density at radius 1 is 1.03 bits per heavy atom. The van der Waals surface area contributed by atoms with Crippen molar-refractivity contribution in [3.63, 3.8) is 0 Å². The quantitative estimate of drug-likeness (QED) is 0.148. The van der Waals surface area contributed by atoms with Crippen LogP contribution < -0.4 is 10.1 Å². The molecule has 0 aliphatic heterocycles. The van der Waals surface area contributed by atoms with Gasteiger partial charge in [0.25, 0.3) is 5.91 Å². The monoisotopic (exact) mass is 553 g/mol. The number of nitrogens with zero attached hydrogens (tertiary/aromatic N) is 2. The molecule has 7 nitrogen and oxygen atoms in total. The lowest BCUT2D eigenvalue weighted by Gasteiger charge is -2.33. The number of carbonyl (C=O) groups is 1. The summed E-state index contributed by atoms with van der Waals surface area (Å²) in [5.41, 5.74) is 3.44. The van der Waals surface area contributed by atoms with Crippen LogP contribution in [-0.4, -0.2) is 39.1 Å². The predicted octanol–water partition coefficient (Wildman–Crippen LogP) is 6.52. The Bertz CT molecular complexity index is 1230. The normalized spacial score (nSPS) is 12.6. The van der Waals surface area contributed by atoms with E-state index in [0.717, 1.165) is 34.8 Å². The number of carbonyl (C=O) groups excluding carboxylic acids is 1. The van der Waals surface area contributed by atoms with Crippen LogP contribution in [0.15, 0.2) is 72.0 Å². The van der Waals surface area contributed by atoms with Crippen molar-refractivity contribution in [1.29, 1.82) is 0 Å². The molecule has 2 aromatic carbocycles. The van der Waals surface area contributed by atoms with Crippen molar-refractivity contribution in [2.75, 3.05) is 14.2 Å². The summed E-state index contributed by atoms with van der Waals surface area (Å²) in [6, 6.07) is 22.5. The number of hydrogen-bond acceptors (Lipinski definition) is 6. The molecule has 1 atom stereocenters.